The lowest BCUT2D eigenvalue weighted by molar-refractivity contribution is -0.115. The van der Waals surface area contributed by atoms with Crippen molar-refractivity contribution in [2.24, 2.45) is 0 Å². The highest BCUT2D eigenvalue weighted by Gasteiger charge is 2.06. The number of nitrogens with one attached hydrogen (secondary N) is 3. The average Bonchev–Trinajstić information content (AvgIpc) is 2.59. The molecule has 0 unspecified atom stereocenters. The molecular formula is C19H23N3O2. The van der Waals surface area contributed by atoms with Gasteiger partial charge in [-0.25, -0.2) is 4.79 Å². The van der Waals surface area contributed by atoms with Gasteiger partial charge in [-0.1, -0.05) is 56.3 Å². The molecule has 0 saturated carbocycles. The van der Waals surface area contributed by atoms with Crippen LogP contribution in [-0.2, 0) is 11.3 Å². The van der Waals surface area contributed by atoms with Crippen LogP contribution in [0.3, 0.4) is 0 Å². The van der Waals surface area contributed by atoms with Gasteiger partial charge in [0, 0.05) is 12.2 Å². The van der Waals surface area contributed by atoms with Crippen molar-refractivity contribution in [2.75, 3.05) is 11.9 Å². The molecule has 0 atom stereocenters. The maximum atomic E-state index is 11.9. The van der Waals surface area contributed by atoms with Gasteiger partial charge in [-0.3, -0.25) is 4.79 Å². The summed E-state index contributed by atoms with van der Waals surface area (Å²) in [5.41, 5.74) is 2.93. The first-order chi connectivity index (χ1) is 11.5. The molecule has 0 aromatic heterocycles. The molecular weight excluding hydrogens is 302 g/mol. The number of hydrogen-bond acceptors (Lipinski definition) is 2. The number of anilines is 1. The van der Waals surface area contributed by atoms with Crippen LogP contribution in [-0.4, -0.2) is 18.5 Å². The summed E-state index contributed by atoms with van der Waals surface area (Å²) in [6, 6.07) is 16.9. The third-order valence-corrected chi connectivity index (χ3v) is 3.57. The average molecular weight is 325 g/mol. The zero-order valence-electron chi connectivity index (χ0n) is 14.0. The predicted molar refractivity (Wildman–Crippen MR) is 95.8 cm³/mol. The monoisotopic (exact) mass is 325 g/mol. The molecule has 0 spiro atoms. The molecule has 0 bridgehead atoms. The van der Waals surface area contributed by atoms with Crippen LogP contribution in [0.2, 0.25) is 0 Å². The molecule has 0 aliphatic carbocycles. The van der Waals surface area contributed by atoms with Gasteiger partial charge in [0.2, 0.25) is 5.91 Å². The molecule has 0 radical (unpaired) electrons. The smallest absolute Gasteiger partial charge is 0.315 e. The van der Waals surface area contributed by atoms with Crippen LogP contribution in [0.5, 0.6) is 0 Å². The number of urea groups is 1. The molecule has 3 amide bonds. The Morgan fingerprint density at radius 3 is 2.21 bits per heavy atom. The fourth-order valence-corrected chi connectivity index (χ4v) is 2.16. The van der Waals surface area contributed by atoms with Crippen molar-refractivity contribution in [3.63, 3.8) is 0 Å². The molecule has 24 heavy (non-hydrogen) atoms. The van der Waals surface area contributed by atoms with Crippen molar-refractivity contribution in [3.8, 4) is 0 Å². The number of amides is 3. The molecule has 3 N–H and O–H groups in total. The molecule has 0 saturated heterocycles. The molecule has 2 rings (SSSR count). The Bertz CT molecular complexity index is 667. The van der Waals surface area contributed by atoms with Crippen LogP contribution >= 0.6 is 0 Å². The summed E-state index contributed by atoms with van der Waals surface area (Å²) in [4.78, 5) is 23.5. The molecule has 126 valence electrons. The summed E-state index contributed by atoms with van der Waals surface area (Å²) < 4.78 is 0. The van der Waals surface area contributed by atoms with Crippen molar-refractivity contribution < 1.29 is 9.59 Å². The lowest BCUT2D eigenvalue weighted by Crippen LogP contribution is -2.39. The Balaban J connectivity index is 1.71. The van der Waals surface area contributed by atoms with Crippen LogP contribution in [0.1, 0.15) is 30.9 Å². The van der Waals surface area contributed by atoms with Crippen molar-refractivity contribution in [1.29, 1.82) is 0 Å². The lowest BCUT2D eigenvalue weighted by atomic mass is 10.0. The molecule has 0 aliphatic heterocycles. The quantitative estimate of drug-likeness (QED) is 0.763. The summed E-state index contributed by atoms with van der Waals surface area (Å²) >= 11 is 0. The topological polar surface area (TPSA) is 70.2 Å². The predicted octanol–water partition coefficient (Wildman–Crippen LogP) is 3.25. The zero-order valence-corrected chi connectivity index (χ0v) is 14.0. The zero-order chi connectivity index (χ0) is 17.4. The van der Waals surface area contributed by atoms with Crippen molar-refractivity contribution in [2.45, 2.75) is 26.3 Å². The van der Waals surface area contributed by atoms with Crippen molar-refractivity contribution >= 4 is 17.6 Å². The van der Waals surface area contributed by atoms with E-state index in [0.717, 1.165) is 11.3 Å². The summed E-state index contributed by atoms with van der Waals surface area (Å²) in [6.07, 6.45) is 0. The molecule has 2 aromatic rings. The number of benzene rings is 2. The Morgan fingerprint density at radius 1 is 0.917 bits per heavy atom. The van der Waals surface area contributed by atoms with E-state index in [2.05, 4.69) is 29.8 Å². The first-order valence-corrected chi connectivity index (χ1v) is 8.00. The standard InChI is InChI=1S/C19H23N3O2/c1-14(2)16-8-10-17(11-9-16)22-18(23)13-21-19(24)20-12-15-6-4-3-5-7-15/h3-11,14H,12-13H2,1-2H3,(H,22,23)(H2,20,21,24). The summed E-state index contributed by atoms with van der Waals surface area (Å²) in [7, 11) is 0. The third kappa shape index (κ3) is 5.76. The third-order valence-electron chi connectivity index (χ3n) is 3.57. The van der Waals surface area contributed by atoms with Crippen LogP contribution < -0.4 is 16.0 Å². The normalized spacial score (nSPS) is 10.3. The number of hydrogen-bond donors (Lipinski definition) is 3. The Labute approximate surface area is 142 Å². The Hall–Kier alpha value is -2.82. The van der Waals surface area contributed by atoms with Crippen LogP contribution in [0.25, 0.3) is 0 Å². The van der Waals surface area contributed by atoms with Crippen LogP contribution in [0.4, 0.5) is 10.5 Å². The second-order valence-electron chi connectivity index (χ2n) is 5.85. The second-order valence-corrected chi connectivity index (χ2v) is 5.85. The van der Waals surface area contributed by atoms with Gasteiger partial charge < -0.3 is 16.0 Å². The van der Waals surface area contributed by atoms with E-state index < -0.39 is 0 Å². The lowest BCUT2D eigenvalue weighted by Gasteiger charge is -2.10. The van der Waals surface area contributed by atoms with Gasteiger partial charge in [0.25, 0.3) is 0 Å². The first kappa shape index (κ1) is 17.5. The van der Waals surface area contributed by atoms with Gasteiger partial charge in [0.1, 0.15) is 0 Å². The minimum Gasteiger partial charge on any atom is -0.334 e. The number of carbonyl (C=O) groups is 2. The molecule has 0 aliphatic rings. The maximum absolute atomic E-state index is 11.9. The molecule has 0 fully saturated rings. The van der Waals surface area contributed by atoms with E-state index in [9.17, 15) is 9.59 Å². The second kappa shape index (κ2) is 8.72. The van der Waals surface area contributed by atoms with Gasteiger partial charge in [-0.15, -0.1) is 0 Å². The van der Waals surface area contributed by atoms with E-state index in [1.807, 2.05) is 54.6 Å². The van der Waals surface area contributed by atoms with Gasteiger partial charge in [0.05, 0.1) is 6.54 Å². The van der Waals surface area contributed by atoms with E-state index in [0.29, 0.717) is 12.5 Å². The van der Waals surface area contributed by atoms with E-state index in [4.69, 9.17) is 0 Å². The van der Waals surface area contributed by atoms with E-state index in [1.165, 1.54) is 5.56 Å². The van der Waals surface area contributed by atoms with Crippen molar-refractivity contribution in [1.82, 2.24) is 10.6 Å². The molecule has 5 nitrogen and oxygen atoms in total. The molecule has 2 aromatic carbocycles. The van der Waals surface area contributed by atoms with E-state index in [1.54, 1.807) is 0 Å². The minimum atomic E-state index is -0.371. The summed E-state index contributed by atoms with van der Waals surface area (Å²) in [5, 5.41) is 8.00. The van der Waals surface area contributed by atoms with Crippen molar-refractivity contribution in [3.05, 3.63) is 65.7 Å². The fraction of sp³-hybridized carbons (Fsp3) is 0.263. The molecule has 5 heteroatoms. The maximum Gasteiger partial charge on any atom is 0.315 e. The van der Waals surface area contributed by atoms with Crippen LogP contribution in [0, 0.1) is 0 Å². The number of carbonyl (C=O) groups excluding carboxylic acids is 2. The molecule has 0 heterocycles. The first-order valence-electron chi connectivity index (χ1n) is 8.00. The van der Waals surface area contributed by atoms with E-state index >= 15 is 0 Å². The van der Waals surface area contributed by atoms with Gasteiger partial charge in [0.15, 0.2) is 0 Å². The SMILES string of the molecule is CC(C)c1ccc(NC(=O)CNC(=O)NCc2ccccc2)cc1. The minimum absolute atomic E-state index is 0.0768. The van der Waals surface area contributed by atoms with Crippen LogP contribution in [0.15, 0.2) is 54.6 Å². The van der Waals surface area contributed by atoms with Gasteiger partial charge in [-0.05, 0) is 29.2 Å². The Morgan fingerprint density at radius 2 is 1.58 bits per heavy atom. The highest BCUT2D eigenvalue weighted by atomic mass is 16.2. The summed E-state index contributed by atoms with van der Waals surface area (Å²) in [5.74, 6) is 0.187. The highest BCUT2D eigenvalue weighted by molar-refractivity contribution is 5.94. The van der Waals surface area contributed by atoms with Gasteiger partial charge in [-0.2, -0.15) is 0 Å². The Kier molecular flexibility index (Phi) is 6.37. The fourth-order valence-electron chi connectivity index (χ4n) is 2.16. The largest absolute Gasteiger partial charge is 0.334 e. The number of rotatable bonds is 6. The summed E-state index contributed by atoms with van der Waals surface area (Å²) in [6.45, 7) is 4.58. The highest BCUT2D eigenvalue weighted by Crippen LogP contribution is 2.16. The van der Waals surface area contributed by atoms with Gasteiger partial charge >= 0.3 is 6.03 Å². The van der Waals surface area contributed by atoms with E-state index in [-0.39, 0.29) is 18.5 Å².